The minimum absolute atomic E-state index is 0.0607. The van der Waals surface area contributed by atoms with Crippen LogP contribution < -0.4 is 0 Å². The number of aryl methyl sites for hydroxylation is 1. The fraction of sp³-hybridized carbons (Fsp3) is 0.833. The molecular formula is C12H21N3O. The van der Waals surface area contributed by atoms with Gasteiger partial charge < -0.3 is 4.74 Å². The highest BCUT2D eigenvalue weighted by Crippen LogP contribution is 2.27. The molecule has 0 aliphatic carbocycles. The van der Waals surface area contributed by atoms with Gasteiger partial charge in [-0.2, -0.15) is 5.10 Å². The number of nitrogens with zero attached hydrogens (tertiary/aromatic N) is 3. The van der Waals surface area contributed by atoms with Crippen molar-refractivity contribution in [1.82, 2.24) is 14.8 Å². The first-order chi connectivity index (χ1) is 7.48. The minimum Gasteiger partial charge on any atom is -0.381 e. The average Bonchev–Trinajstić information content (AvgIpc) is 2.61. The molecule has 1 fully saturated rings. The van der Waals surface area contributed by atoms with Gasteiger partial charge in [0.2, 0.25) is 0 Å². The maximum atomic E-state index is 5.36. The van der Waals surface area contributed by atoms with Crippen LogP contribution in [0, 0.1) is 0 Å². The molecule has 0 N–H and O–H groups in total. The predicted molar refractivity (Wildman–Crippen MR) is 62.5 cm³/mol. The van der Waals surface area contributed by atoms with Gasteiger partial charge >= 0.3 is 0 Å². The summed E-state index contributed by atoms with van der Waals surface area (Å²) in [6.45, 7) is 8.20. The van der Waals surface area contributed by atoms with E-state index in [1.165, 1.54) is 0 Å². The van der Waals surface area contributed by atoms with Crippen molar-refractivity contribution in [2.24, 2.45) is 7.05 Å². The molecule has 1 aromatic heterocycles. The third-order valence-corrected chi connectivity index (χ3v) is 3.04. The van der Waals surface area contributed by atoms with E-state index in [1.807, 2.05) is 11.7 Å². The lowest BCUT2D eigenvalue weighted by molar-refractivity contribution is 0.0835. The van der Waals surface area contributed by atoms with E-state index in [1.54, 1.807) is 0 Å². The van der Waals surface area contributed by atoms with E-state index in [2.05, 4.69) is 25.9 Å². The normalized spacial score (nSPS) is 19.0. The predicted octanol–water partition coefficient (Wildman–Crippen LogP) is 2.01. The van der Waals surface area contributed by atoms with Gasteiger partial charge in [-0.1, -0.05) is 20.8 Å². The third-order valence-electron chi connectivity index (χ3n) is 3.04. The minimum atomic E-state index is 0.0607. The first kappa shape index (κ1) is 11.6. The molecule has 90 valence electrons. The van der Waals surface area contributed by atoms with Crippen molar-refractivity contribution in [3.05, 3.63) is 11.6 Å². The number of hydrogen-bond donors (Lipinski definition) is 0. The molecule has 2 rings (SSSR count). The van der Waals surface area contributed by atoms with Crippen LogP contribution in [-0.4, -0.2) is 28.0 Å². The second-order valence-corrected chi connectivity index (χ2v) is 5.55. The zero-order chi connectivity index (χ0) is 11.8. The SMILES string of the molecule is Cn1nc(C2CCOCC2)nc1C(C)(C)C. The van der Waals surface area contributed by atoms with Crippen LogP contribution in [0.2, 0.25) is 0 Å². The molecule has 0 atom stereocenters. The summed E-state index contributed by atoms with van der Waals surface area (Å²) in [7, 11) is 1.98. The Morgan fingerprint density at radius 2 is 1.88 bits per heavy atom. The van der Waals surface area contributed by atoms with Crippen LogP contribution in [0.25, 0.3) is 0 Å². The summed E-state index contributed by atoms with van der Waals surface area (Å²) in [6.07, 6.45) is 2.10. The Labute approximate surface area is 97.0 Å². The summed E-state index contributed by atoms with van der Waals surface area (Å²) >= 11 is 0. The third kappa shape index (κ3) is 2.26. The van der Waals surface area contributed by atoms with Crippen molar-refractivity contribution in [3.8, 4) is 0 Å². The van der Waals surface area contributed by atoms with Gasteiger partial charge in [0.1, 0.15) is 5.82 Å². The van der Waals surface area contributed by atoms with E-state index in [0.29, 0.717) is 5.92 Å². The molecule has 4 nitrogen and oxygen atoms in total. The Morgan fingerprint density at radius 3 is 2.38 bits per heavy atom. The molecule has 0 radical (unpaired) electrons. The molecule has 4 heteroatoms. The lowest BCUT2D eigenvalue weighted by Crippen LogP contribution is -2.18. The van der Waals surface area contributed by atoms with E-state index < -0.39 is 0 Å². The van der Waals surface area contributed by atoms with E-state index >= 15 is 0 Å². The maximum Gasteiger partial charge on any atom is 0.154 e. The molecule has 1 aromatic rings. The molecule has 0 unspecified atom stereocenters. The fourth-order valence-corrected chi connectivity index (χ4v) is 2.19. The van der Waals surface area contributed by atoms with Gasteiger partial charge in [-0.25, -0.2) is 4.98 Å². The van der Waals surface area contributed by atoms with Crippen LogP contribution in [0.4, 0.5) is 0 Å². The summed E-state index contributed by atoms with van der Waals surface area (Å²) in [6, 6.07) is 0. The smallest absolute Gasteiger partial charge is 0.154 e. The summed E-state index contributed by atoms with van der Waals surface area (Å²) in [4.78, 5) is 4.70. The highest BCUT2D eigenvalue weighted by molar-refractivity contribution is 5.07. The molecule has 0 aromatic carbocycles. The molecular weight excluding hydrogens is 202 g/mol. The van der Waals surface area contributed by atoms with Crippen LogP contribution in [0.5, 0.6) is 0 Å². The van der Waals surface area contributed by atoms with Gasteiger partial charge in [0.05, 0.1) is 0 Å². The highest BCUT2D eigenvalue weighted by atomic mass is 16.5. The second kappa shape index (κ2) is 4.17. The Hall–Kier alpha value is -0.900. The first-order valence-corrected chi connectivity index (χ1v) is 5.97. The zero-order valence-electron chi connectivity index (χ0n) is 10.7. The fourth-order valence-electron chi connectivity index (χ4n) is 2.19. The molecule has 0 saturated carbocycles. The monoisotopic (exact) mass is 223 g/mol. The molecule has 0 spiro atoms. The summed E-state index contributed by atoms with van der Waals surface area (Å²) in [5, 5.41) is 4.55. The summed E-state index contributed by atoms with van der Waals surface area (Å²) in [5.41, 5.74) is 0.0607. The molecule has 1 aliphatic heterocycles. The molecule has 0 bridgehead atoms. The van der Waals surface area contributed by atoms with Crippen LogP contribution in [0.3, 0.4) is 0 Å². The van der Waals surface area contributed by atoms with E-state index in [0.717, 1.165) is 37.7 Å². The number of aromatic nitrogens is 3. The van der Waals surface area contributed by atoms with Gasteiger partial charge in [0.25, 0.3) is 0 Å². The van der Waals surface area contributed by atoms with Crippen molar-refractivity contribution in [2.75, 3.05) is 13.2 Å². The Balaban J connectivity index is 2.23. The number of rotatable bonds is 1. The summed E-state index contributed by atoms with van der Waals surface area (Å²) in [5.74, 6) is 2.54. The second-order valence-electron chi connectivity index (χ2n) is 5.55. The van der Waals surface area contributed by atoms with Crippen molar-refractivity contribution >= 4 is 0 Å². The van der Waals surface area contributed by atoms with Gasteiger partial charge in [-0.15, -0.1) is 0 Å². The Morgan fingerprint density at radius 1 is 1.25 bits per heavy atom. The van der Waals surface area contributed by atoms with E-state index in [9.17, 15) is 0 Å². The maximum absolute atomic E-state index is 5.36. The molecule has 0 amide bonds. The topological polar surface area (TPSA) is 39.9 Å². The van der Waals surface area contributed by atoms with Gasteiger partial charge in [-0.05, 0) is 12.8 Å². The molecule has 2 heterocycles. The van der Waals surface area contributed by atoms with Crippen molar-refractivity contribution < 1.29 is 4.74 Å². The number of ether oxygens (including phenoxy) is 1. The lowest BCUT2D eigenvalue weighted by Gasteiger charge is -2.19. The first-order valence-electron chi connectivity index (χ1n) is 5.97. The largest absolute Gasteiger partial charge is 0.381 e. The van der Waals surface area contributed by atoms with Gasteiger partial charge in [-0.3, -0.25) is 4.68 Å². The van der Waals surface area contributed by atoms with Crippen LogP contribution in [0.15, 0.2) is 0 Å². The molecule has 1 saturated heterocycles. The van der Waals surface area contributed by atoms with Crippen LogP contribution in [0.1, 0.15) is 51.2 Å². The Bertz CT molecular complexity index is 359. The van der Waals surface area contributed by atoms with Gasteiger partial charge in [0, 0.05) is 31.6 Å². The molecule has 16 heavy (non-hydrogen) atoms. The number of hydrogen-bond acceptors (Lipinski definition) is 3. The van der Waals surface area contributed by atoms with Crippen molar-refractivity contribution in [2.45, 2.75) is 44.9 Å². The van der Waals surface area contributed by atoms with Crippen molar-refractivity contribution in [1.29, 1.82) is 0 Å². The quantitative estimate of drug-likeness (QED) is 0.731. The molecule has 1 aliphatic rings. The van der Waals surface area contributed by atoms with Crippen molar-refractivity contribution in [3.63, 3.8) is 0 Å². The average molecular weight is 223 g/mol. The lowest BCUT2D eigenvalue weighted by atomic mass is 9.95. The van der Waals surface area contributed by atoms with E-state index in [4.69, 9.17) is 9.72 Å². The van der Waals surface area contributed by atoms with E-state index in [-0.39, 0.29) is 5.41 Å². The Kier molecular flexibility index (Phi) is 3.02. The summed E-state index contributed by atoms with van der Waals surface area (Å²) < 4.78 is 7.28. The van der Waals surface area contributed by atoms with Gasteiger partial charge in [0.15, 0.2) is 5.82 Å². The van der Waals surface area contributed by atoms with Crippen LogP contribution >= 0.6 is 0 Å². The highest BCUT2D eigenvalue weighted by Gasteiger charge is 2.25. The standard InChI is InChI=1S/C12H21N3O/c1-12(2,3)11-13-10(14-15(11)4)9-5-7-16-8-6-9/h9H,5-8H2,1-4H3. The van der Waals surface area contributed by atoms with Crippen LogP contribution in [-0.2, 0) is 17.2 Å². The zero-order valence-corrected chi connectivity index (χ0v) is 10.7.